The number of hydrogen-bond donors (Lipinski definition) is 3. The molecule has 0 bridgehead atoms. The van der Waals surface area contributed by atoms with E-state index in [2.05, 4.69) is 26.2 Å². The number of rotatable bonds is 6. The first kappa shape index (κ1) is 23.0. The van der Waals surface area contributed by atoms with Crippen molar-refractivity contribution in [3.05, 3.63) is 64.3 Å². The molecule has 11 heteroatoms. The molecule has 3 unspecified atom stereocenters. The average Bonchev–Trinajstić information content (AvgIpc) is 3.48. The summed E-state index contributed by atoms with van der Waals surface area (Å²) in [4.78, 5) is 27.6. The second-order valence-corrected chi connectivity index (χ2v) is 11.3. The van der Waals surface area contributed by atoms with Crippen molar-refractivity contribution in [3.63, 3.8) is 0 Å². The Hall–Kier alpha value is -2.73. The number of hydrogen-bond acceptors (Lipinski definition) is 5. The Labute approximate surface area is 204 Å². The van der Waals surface area contributed by atoms with Crippen LogP contribution in [0.2, 0.25) is 0 Å². The number of aromatic amines is 1. The van der Waals surface area contributed by atoms with Crippen LogP contribution < -0.4 is 11.1 Å². The number of aromatic nitrogens is 1. The first-order chi connectivity index (χ1) is 16.3. The van der Waals surface area contributed by atoms with E-state index >= 15 is 0 Å². The molecule has 2 heterocycles. The molecule has 9 nitrogen and oxygen atoms in total. The zero-order valence-electron chi connectivity index (χ0n) is 18.0. The van der Waals surface area contributed by atoms with Crippen molar-refractivity contribution in [2.75, 3.05) is 19.7 Å². The number of benzene rings is 2. The van der Waals surface area contributed by atoms with Gasteiger partial charge >= 0.3 is 0 Å². The summed E-state index contributed by atoms with van der Waals surface area (Å²) in [6, 6.07) is 14.9. The molecular weight excluding hydrogens is 524 g/mol. The van der Waals surface area contributed by atoms with E-state index in [0.717, 1.165) is 12.0 Å². The monoisotopic (exact) mass is 546 g/mol. The van der Waals surface area contributed by atoms with Gasteiger partial charge in [0.05, 0.1) is 6.61 Å². The quantitative estimate of drug-likeness (QED) is 0.435. The highest BCUT2D eigenvalue weighted by Crippen LogP contribution is 2.40. The number of halogens is 1. The number of sulfonamides is 1. The van der Waals surface area contributed by atoms with E-state index in [1.54, 1.807) is 18.2 Å². The topological polar surface area (TPSA) is 135 Å². The van der Waals surface area contributed by atoms with Crippen LogP contribution in [0.25, 0.3) is 10.9 Å². The summed E-state index contributed by atoms with van der Waals surface area (Å²) in [5.74, 6) is -0.981. The van der Waals surface area contributed by atoms with Gasteiger partial charge < -0.3 is 20.8 Å². The third kappa shape index (κ3) is 4.24. The summed E-state index contributed by atoms with van der Waals surface area (Å²) in [7, 11) is -4.15. The molecule has 178 valence electrons. The summed E-state index contributed by atoms with van der Waals surface area (Å²) < 4.78 is 34.7. The van der Waals surface area contributed by atoms with Crippen LogP contribution >= 0.6 is 15.9 Å². The molecule has 3 aromatic rings. The van der Waals surface area contributed by atoms with Crippen molar-refractivity contribution in [2.24, 2.45) is 5.73 Å². The van der Waals surface area contributed by atoms with Crippen molar-refractivity contribution in [2.45, 2.75) is 29.4 Å². The Morgan fingerprint density at radius 3 is 2.68 bits per heavy atom. The van der Waals surface area contributed by atoms with Crippen LogP contribution in [0, 0.1) is 0 Å². The minimum Gasteiger partial charge on any atom is -0.366 e. The summed E-state index contributed by atoms with van der Waals surface area (Å²) in [6.45, 7) is -0.0428. The molecule has 0 spiro atoms. The Balaban J connectivity index is 1.36. The lowest BCUT2D eigenvalue weighted by Gasteiger charge is -2.31. The fourth-order valence-corrected chi connectivity index (χ4v) is 6.53. The second kappa shape index (κ2) is 8.81. The minimum absolute atomic E-state index is 0.00193. The number of carbonyl (C=O) groups excluding carboxylic acids is 2. The van der Waals surface area contributed by atoms with Gasteiger partial charge in [0.25, 0.3) is 11.8 Å². The molecule has 34 heavy (non-hydrogen) atoms. The molecule has 4 N–H and O–H groups in total. The maximum atomic E-state index is 13.6. The van der Waals surface area contributed by atoms with Gasteiger partial charge in [-0.3, -0.25) is 9.59 Å². The van der Waals surface area contributed by atoms with Gasteiger partial charge in [-0.25, -0.2) is 8.42 Å². The van der Waals surface area contributed by atoms with Crippen LogP contribution in [0.15, 0.2) is 57.9 Å². The zero-order valence-corrected chi connectivity index (χ0v) is 20.4. The number of H-pyrrole nitrogens is 1. The maximum absolute atomic E-state index is 13.6. The van der Waals surface area contributed by atoms with Gasteiger partial charge in [0.15, 0.2) is 0 Å². The highest BCUT2D eigenvalue weighted by molar-refractivity contribution is 9.10. The predicted octanol–water partition coefficient (Wildman–Crippen LogP) is 2.09. The molecule has 1 aromatic heterocycles. The maximum Gasteiger partial charge on any atom is 0.266 e. The molecule has 1 aliphatic carbocycles. The number of nitrogens with one attached hydrogen (secondary N) is 2. The third-order valence-electron chi connectivity index (χ3n) is 6.22. The fourth-order valence-electron chi connectivity index (χ4n) is 4.41. The predicted molar refractivity (Wildman–Crippen MR) is 129 cm³/mol. The molecule has 0 radical (unpaired) electrons. The average molecular weight is 547 g/mol. The van der Waals surface area contributed by atoms with Crippen LogP contribution in [0.5, 0.6) is 0 Å². The molecule has 5 rings (SSSR count). The number of carbonyl (C=O) groups is 2. The fraction of sp³-hybridized carbons (Fsp3) is 0.304. The molecule has 1 aliphatic heterocycles. The van der Waals surface area contributed by atoms with Crippen LogP contribution in [0.3, 0.4) is 0 Å². The van der Waals surface area contributed by atoms with Crippen molar-refractivity contribution in [1.29, 1.82) is 0 Å². The Morgan fingerprint density at radius 1 is 1.18 bits per heavy atom. The highest BCUT2D eigenvalue weighted by Gasteiger charge is 2.42. The first-order valence-corrected chi connectivity index (χ1v) is 13.1. The molecule has 1 saturated carbocycles. The van der Waals surface area contributed by atoms with E-state index in [0.29, 0.717) is 15.4 Å². The van der Waals surface area contributed by atoms with Gasteiger partial charge in [-0.15, -0.1) is 0 Å². The zero-order chi connectivity index (χ0) is 24.0. The number of amides is 2. The Kier molecular flexibility index (Phi) is 5.96. The van der Waals surface area contributed by atoms with Crippen LogP contribution in [-0.4, -0.2) is 61.4 Å². The van der Waals surface area contributed by atoms with Crippen LogP contribution in [0.1, 0.15) is 28.4 Å². The number of fused-ring (bicyclic) bond motifs is 1. The van der Waals surface area contributed by atoms with Gasteiger partial charge in [0, 0.05) is 40.4 Å². The van der Waals surface area contributed by atoms with E-state index in [9.17, 15) is 18.0 Å². The summed E-state index contributed by atoms with van der Waals surface area (Å²) in [5, 5.41) is 3.32. The van der Waals surface area contributed by atoms with Gasteiger partial charge in [-0.1, -0.05) is 46.3 Å². The van der Waals surface area contributed by atoms with Gasteiger partial charge in [0.2, 0.25) is 10.0 Å². The van der Waals surface area contributed by atoms with E-state index in [1.165, 1.54) is 4.31 Å². The van der Waals surface area contributed by atoms with E-state index in [4.69, 9.17) is 10.5 Å². The van der Waals surface area contributed by atoms with Crippen molar-refractivity contribution < 1.29 is 22.7 Å². The van der Waals surface area contributed by atoms with Crippen molar-refractivity contribution in [3.8, 4) is 0 Å². The second-order valence-electron chi connectivity index (χ2n) is 8.47. The molecule has 2 amide bonds. The van der Waals surface area contributed by atoms with E-state index in [-0.39, 0.29) is 48.2 Å². The Bertz CT molecular complexity index is 1370. The van der Waals surface area contributed by atoms with Gasteiger partial charge in [-0.05, 0) is 30.2 Å². The summed E-state index contributed by atoms with van der Waals surface area (Å²) in [6.07, 6.45) is -0.119. The number of primary amides is 1. The van der Waals surface area contributed by atoms with E-state index in [1.807, 2.05) is 30.3 Å². The number of nitrogens with zero attached hydrogens (tertiary/aromatic N) is 1. The van der Waals surface area contributed by atoms with Gasteiger partial charge in [-0.2, -0.15) is 4.31 Å². The number of morpholine rings is 1. The third-order valence-corrected chi connectivity index (χ3v) is 8.67. The summed E-state index contributed by atoms with van der Waals surface area (Å²) >= 11 is 3.34. The van der Waals surface area contributed by atoms with Gasteiger partial charge in [0.1, 0.15) is 16.7 Å². The van der Waals surface area contributed by atoms with Crippen LogP contribution in [0.4, 0.5) is 0 Å². The smallest absolute Gasteiger partial charge is 0.266 e. The molecule has 2 fully saturated rings. The number of ether oxygens (including phenoxy) is 1. The molecule has 3 atom stereocenters. The lowest BCUT2D eigenvalue weighted by molar-refractivity contribution is -0.136. The van der Waals surface area contributed by atoms with Crippen molar-refractivity contribution >= 4 is 48.7 Å². The SMILES string of the molecule is NC(=O)c1[nH]c2ccc(Br)cc2c1S(=O)(=O)N1CCOC(C(=O)NC2CC2c2ccccc2)C1. The lowest BCUT2D eigenvalue weighted by atomic mass is 10.1. The standard InChI is InChI=1S/C23H23BrN4O5S/c24-14-6-7-17-16(10-14)21(20(26-17)22(25)29)34(31,32)28-8-9-33-19(12-28)23(30)27-18-11-15(18)13-4-2-1-3-5-13/h1-7,10,15,18-19,26H,8-9,11-12H2,(H2,25,29)(H,27,30). The number of nitrogens with two attached hydrogens (primary N) is 1. The van der Waals surface area contributed by atoms with E-state index < -0.39 is 22.0 Å². The minimum atomic E-state index is -4.15. The first-order valence-electron chi connectivity index (χ1n) is 10.8. The molecule has 1 saturated heterocycles. The molecular formula is C23H23BrN4O5S. The summed E-state index contributed by atoms with van der Waals surface area (Å²) in [5.41, 5.74) is 6.93. The molecule has 2 aliphatic rings. The normalized spacial score (nSPS) is 23.0. The molecule has 2 aromatic carbocycles. The largest absolute Gasteiger partial charge is 0.366 e. The van der Waals surface area contributed by atoms with Crippen molar-refractivity contribution in [1.82, 2.24) is 14.6 Å². The lowest BCUT2D eigenvalue weighted by Crippen LogP contribution is -2.52. The highest BCUT2D eigenvalue weighted by atomic mass is 79.9. The Morgan fingerprint density at radius 2 is 1.94 bits per heavy atom. The van der Waals surface area contributed by atoms with Crippen LogP contribution in [-0.2, 0) is 19.6 Å².